The van der Waals surface area contributed by atoms with Gasteiger partial charge in [0.15, 0.2) is 23.1 Å². The van der Waals surface area contributed by atoms with E-state index in [0.717, 1.165) is 36.9 Å². The number of rotatable bonds is 6. The van der Waals surface area contributed by atoms with E-state index in [4.69, 9.17) is 19.6 Å². The van der Waals surface area contributed by atoms with Crippen LogP contribution in [0.5, 0.6) is 11.5 Å². The molecule has 0 amide bonds. The molecule has 3 N–H and O–H groups in total. The summed E-state index contributed by atoms with van der Waals surface area (Å²) >= 11 is 0. The number of aryl methyl sites for hydroxylation is 2. The van der Waals surface area contributed by atoms with E-state index < -0.39 is 0 Å². The number of ether oxygens (including phenoxy) is 2. The molecule has 6 nitrogen and oxygen atoms in total. The third-order valence-electron chi connectivity index (χ3n) is 4.83. The van der Waals surface area contributed by atoms with Crippen molar-refractivity contribution in [2.75, 3.05) is 14.2 Å². The van der Waals surface area contributed by atoms with Crippen molar-refractivity contribution in [3.8, 4) is 11.5 Å². The molecule has 3 rings (SSSR count). The SMILES string of the molecule is CCCc1nc([C@H]2c3cc(OC)c(OC)cc3CC[C@@H]2N)c(CO)o1. The molecule has 1 aliphatic carbocycles. The average Bonchev–Trinajstić information content (AvgIpc) is 3.03. The summed E-state index contributed by atoms with van der Waals surface area (Å²) in [6, 6.07) is 3.90. The molecule has 0 saturated carbocycles. The highest BCUT2D eigenvalue weighted by molar-refractivity contribution is 5.52. The fourth-order valence-corrected chi connectivity index (χ4v) is 3.60. The summed E-state index contributed by atoms with van der Waals surface area (Å²) in [7, 11) is 3.26. The monoisotopic (exact) mass is 346 g/mol. The molecule has 136 valence electrons. The quantitative estimate of drug-likeness (QED) is 0.835. The van der Waals surface area contributed by atoms with E-state index in [2.05, 4.69) is 11.9 Å². The Balaban J connectivity index is 2.11. The number of hydrogen-bond donors (Lipinski definition) is 2. The minimum absolute atomic E-state index is 0.0875. The molecule has 0 aliphatic heterocycles. The highest BCUT2D eigenvalue weighted by atomic mass is 16.5. The molecular weight excluding hydrogens is 320 g/mol. The number of fused-ring (bicyclic) bond motifs is 1. The predicted octanol–water partition coefficient (Wildman–Crippen LogP) is 2.54. The number of hydrogen-bond acceptors (Lipinski definition) is 6. The van der Waals surface area contributed by atoms with Crippen LogP contribution in [0.25, 0.3) is 0 Å². The first-order valence-corrected chi connectivity index (χ1v) is 8.72. The zero-order valence-corrected chi connectivity index (χ0v) is 15.0. The van der Waals surface area contributed by atoms with Crippen LogP contribution in [0.3, 0.4) is 0 Å². The van der Waals surface area contributed by atoms with Crippen LogP contribution in [0.2, 0.25) is 0 Å². The van der Waals surface area contributed by atoms with Gasteiger partial charge < -0.3 is 24.7 Å². The van der Waals surface area contributed by atoms with Gasteiger partial charge >= 0.3 is 0 Å². The minimum atomic E-state index is -0.183. The maximum Gasteiger partial charge on any atom is 0.194 e. The van der Waals surface area contributed by atoms with Gasteiger partial charge in [0.05, 0.1) is 19.9 Å². The molecule has 1 heterocycles. The van der Waals surface area contributed by atoms with Gasteiger partial charge in [0, 0.05) is 18.4 Å². The highest BCUT2D eigenvalue weighted by Gasteiger charge is 2.34. The molecule has 0 radical (unpaired) electrons. The molecule has 1 aromatic carbocycles. The van der Waals surface area contributed by atoms with Gasteiger partial charge in [-0.1, -0.05) is 6.92 Å². The number of benzene rings is 1. The van der Waals surface area contributed by atoms with Crippen LogP contribution in [0.4, 0.5) is 0 Å². The van der Waals surface area contributed by atoms with Gasteiger partial charge in [-0.3, -0.25) is 0 Å². The number of aliphatic hydroxyl groups excluding tert-OH is 1. The van der Waals surface area contributed by atoms with Crippen LogP contribution in [-0.2, 0) is 19.4 Å². The van der Waals surface area contributed by atoms with E-state index >= 15 is 0 Å². The lowest BCUT2D eigenvalue weighted by Crippen LogP contribution is -2.34. The fraction of sp³-hybridized carbons (Fsp3) is 0.526. The summed E-state index contributed by atoms with van der Waals surface area (Å²) in [6.07, 6.45) is 3.40. The first kappa shape index (κ1) is 17.8. The van der Waals surface area contributed by atoms with Crippen molar-refractivity contribution in [3.05, 3.63) is 40.6 Å². The molecule has 2 aromatic rings. The third kappa shape index (κ3) is 3.24. The molecule has 0 spiro atoms. The number of oxazole rings is 1. The molecule has 2 atom stereocenters. The van der Waals surface area contributed by atoms with Gasteiger partial charge in [-0.15, -0.1) is 0 Å². The zero-order valence-electron chi connectivity index (χ0n) is 15.0. The molecule has 6 heteroatoms. The van der Waals surface area contributed by atoms with Gasteiger partial charge in [-0.2, -0.15) is 0 Å². The second kappa shape index (κ2) is 7.45. The van der Waals surface area contributed by atoms with E-state index in [-0.39, 0.29) is 18.6 Å². The lowest BCUT2D eigenvalue weighted by atomic mass is 9.77. The Morgan fingerprint density at radius 2 is 2.00 bits per heavy atom. The zero-order chi connectivity index (χ0) is 18.0. The molecule has 25 heavy (non-hydrogen) atoms. The van der Waals surface area contributed by atoms with Crippen LogP contribution >= 0.6 is 0 Å². The summed E-state index contributed by atoms with van der Waals surface area (Å²) < 4.78 is 16.6. The Bertz CT molecular complexity index is 741. The van der Waals surface area contributed by atoms with Crippen LogP contribution in [0.15, 0.2) is 16.5 Å². The lowest BCUT2D eigenvalue weighted by molar-refractivity contribution is 0.240. The molecule has 1 aliphatic rings. The summed E-state index contributed by atoms with van der Waals surface area (Å²) in [6.45, 7) is 1.89. The summed E-state index contributed by atoms with van der Waals surface area (Å²) in [4.78, 5) is 4.66. The Kier molecular flexibility index (Phi) is 5.30. The number of nitrogens with zero attached hydrogens (tertiary/aromatic N) is 1. The standard InChI is InChI=1S/C19H26N2O4/c1-4-5-17-21-19(16(10-22)25-17)18-12-9-15(24-3)14(23-2)8-11(12)6-7-13(18)20/h8-9,13,18,22H,4-7,10,20H2,1-3H3/t13-,18-/m0/s1. The van der Waals surface area contributed by atoms with Gasteiger partial charge in [0.2, 0.25) is 0 Å². The Hall–Kier alpha value is -2.05. The second-order valence-corrected chi connectivity index (χ2v) is 6.41. The van der Waals surface area contributed by atoms with Crippen molar-refractivity contribution in [3.63, 3.8) is 0 Å². The van der Waals surface area contributed by atoms with E-state index in [9.17, 15) is 5.11 Å². The van der Waals surface area contributed by atoms with Crippen molar-refractivity contribution >= 4 is 0 Å². The van der Waals surface area contributed by atoms with E-state index in [1.54, 1.807) is 14.2 Å². The van der Waals surface area contributed by atoms with Gasteiger partial charge in [0.1, 0.15) is 6.61 Å². The predicted molar refractivity (Wildman–Crippen MR) is 94.1 cm³/mol. The maximum absolute atomic E-state index is 9.73. The number of aliphatic hydroxyl groups is 1. The molecule has 0 unspecified atom stereocenters. The van der Waals surface area contributed by atoms with Crippen molar-refractivity contribution in [2.45, 2.75) is 51.2 Å². The van der Waals surface area contributed by atoms with E-state index in [0.29, 0.717) is 23.1 Å². The Morgan fingerprint density at radius 3 is 2.64 bits per heavy atom. The summed E-state index contributed by atoms with van der Waals surface area (Å²) in [5.74, 6) is 2.42. The first-order valence-electron chi connectivity index (χ1n) is 8.72. The van der Waals surface area contributed by atoms with Crippen molar-refractivity contribution in [2.24, 2.45) is 5.73 Å². The fourth-order valence-electron chi connectivity index (χ4n) is 3.60. The van der Waals surface area contributed by atoms with Crippen molar-refractivity contribution < 1.29 is 19.0 Å². The number of aromatic nitrogens is 1. The van der Waals surface area contributed by atoms with Crippen LogP contribution in [-0.4, -0.2) is 30.4 Å². The molecule has 0 saturated heterocycles. The molecule has 1 aromatic heterocycles. The molecule has 0 fully saturated rings. The van der Waals surface area contributed by atoms with Crippen LogP contribution in [0.1, 0.15) is 54.2 Å². The average molecular weight is 346 g/mol. The number of nitrogens with two attached hydrogens (primary N) is 1. The summed E-state index contributed by atoms with van der Waals surface area (Å²) in [5, 5.41) is 9.73. The van der Waals surface area contributed by atoms with Gasteiger partial charge in [-0.05, 0) is 42.5 Å². The van der Waals surface area contributed by atoms with Gasteiger partial charge in [-0.25, -0.2) is 4.98 Å². The largest absolute Gasteiger partial charge is 0.493 e. The topological polar surface area (TPSA) is 90.7 Å². The van der Waals surface area contributed by atoms with E-state index in [1.807, 2.05) is 12.1 Å². The third-order valence-corrected chi connectivity index (χ3v) is 4.83. The number of methoxy groups -OCH3 is 2. The van der Waals surface area contributed by atoms with Crippen molar-refractivity contribution in [1.82, 2.24) is 4.98 Å². The second-order valence-electron chi connectivity index (χ2n) is 6.41. The van der Waals surface area contributed by atoms with Crippen LogP contribution < -0.4 is 15.2 Å². The molecule has 0 bridgehead atoms. The first-order chi connectivity index (χ1) is 12.1. The highest BCUT2D eigenvalue weighted by Crippen LogP contribution is 2.42. The summed E-state index contributed by atoms with van der Waals surface area (Å²) in [5.41, 5.74) is 9.45. The van der Waals surface area contributed by atoms with Gasteiger partial charge in [0.25, 0.3) is 0 Å². The minimum Gasteiger partial charge on any atom is -0.493 e. The van der Waals surface area contributed by atoms with Crippen molar-refractivity contribution in [1.29, 1.82) is 0 Å². The lowest BCUT2D eigenvalue weighted by Gasteiger charge is -2.31. The maximum atomic E-state index is 9.73. The molecular formula is C19H26N2O4. The smallest absolute Gasteiger partial charge is 0.194 e. The van der Waals surface area contributed by atoms with E-state index in [1.165, 1.54) is 5.56 Å². The Morgan fingerprint density at radius 1 is 1.28 bits per heavy atom. The van der Waals surface area contributed by atoms with Crippen LogP contribution in [0, 0.1) is 0 Å². The Labute approximate surface area is 148 Å². The normalized spacial score (nSPS) is 19.6.